The van der Waals surface area contributed by atoms with E-state index in [0.717, 1.165) is 15.1 Å². The fourth-order valence-corrected chi connectivity index (χ4v) is 4.02. The Bertz CT molecular complexity index is 1440. The summed E-state index contributed by atoms with van der Waals surface area (Å²) in [6.45, 7) is 5.41. The van der Waals surface area contributed by atoms with E-state index in [9.17, 15) is 20.2 Å². The van der Waals surface area contributed by atoms with Crippen LogP contribution < -0.4 is 0 Å². The van der Waals surface area contributed by atoms with Crippen molar-refractivity contribution in [2.75, 3.05) is 0 Å². The van der Waals surface area contributed by atoms with Gasteiger partial charge in [0, 0.05) is 30.6 Å². The molecule has 224 valence electrons. The third kappa shape index (κ3) is 18.4. The predicted octanol–water partition coefficient (Wildman–Crippen LogP) is 8.30. The largest absolute Gasteiger partial charge is 0.373 e. The molecule has 0 aliphatic heterocycles. The molecule has 3 rings (SSSR count). The van der Waals surface area contributed by atoms with E-state index in [2.05, 4.69) is 47.8 Å². The van der Waals surface area contributed by atoms with Crippen LogP contribution in [0.25, 0.3) is 0 Å². The lowest BCUT2D eigenvalue weighted by molar-refractivity contribution is -0.385. The van der Waals surface area contributed by atoms with E-state index in [4.69, 9.17) is 63.6 Å². The van der Waals surface area contributed by atoms with Crippen LogP contribution in [0.3, 0.4) is 0 Å². The topological polar surface area (TPSA) is 189 Å². The molecule has 0 saturated carbocycles. The SMILES string of the molecule is Cc1c(Br)ccc(Cl)c1[N+](=O)[O-].Cc1cc(Cl)cc([N+](=O)[O-])c1Br.Cc1cc(Cl)ccc1Br.O=C=O.O=C=O.O=C=O. The van der Waals surface area contributed by atoms with Crippen LogP contribution in [0.5, 0.6) is 0 Å². The number of hydrogen-bond acceptors (Lipinski definition) is 10. The summed E-state index contributed by atoms with van der Waals surface area (Å²) in [5.74, 6) is 0. The highest BCUT2D eigenvalue weighted by Crippen LogP contribution is 2.33. The average molecular weight is 838 g/mol. The molecule has 0 heterocycles. The van der Waals surface area contributed by atoms with Crippen LogP contribution in [-0.4, -0.2) is 28.3 Å². The second kappa shape index (κ2) is 24.5. The molecule has 0 saturated heterocycles. The molecule has 3 aromatic rings. The molecule has 0 unspecified atom stereocenters. The highest BCUT2D eigenvalue weighted by Gasteiger charge is 2.17. The third-order valence-corrected chi connectivity index (χ3v) is 7.55. The van der Waals surface area contributed by atoms with E-state index in [1.807, 2.05) is 25.1 Å². The summed E-state index contributed by atoms with van der Waals surface area (Å²) in [6, 6.07) is 11.9. The minimum atomic E-state index is -0.484. The Morgan fingerprint density at radius 2 is 1.07 bits per heavy atom. The average Bonchev–Trinajstić information content (AvgIpc) is 2.88. The fraction of sp³-hybridized carbons (Fsp3) is 0.125. The van der Waals surface area contributed by atoms with Crippen molar-refractivity contribution in [1.82, 2.24) is 0 Å². The molecule has 0 fully saturated rings. The van der Waals surface area contributed by atoms with Crippen molar-refractivity contribution in [3.05, 3.63) is 108 Å². The van der Waals surface area contributed by atoms with E-state index in [1.165, 1.54) is 17.7 Å². The lowest BCUT2D eigenvalue weighted by atomic mass is 10.2. The lowest BCUT2D eigenvalue weighted by Crippen LogP contribution is -1.93. The van der Waals surface area contributed by atoms with E-state index < -0.39 is 9.85 Å². The van der Waals surface area contributed by atoms with Gasteiger partial charge < -0.3 is 0 Å². The van der Waals surface area contributed by atoms with Crippen molar-refractivity contribution in [2.45, 2.75) is 20.8 Å². The second-order valence-corrected chi connectivity index (χ2v) is 10.5. The normalized spacial score (nSPS) is 8.31. The van der Waals surface area contributed by atoms with Gasteiger partial charge >= 0.3 is 18.5 Å². The first kappa shape index (κ1) is 43.4. The lowest BCUT2D eigenvalue weighted by Gasteiger charge is -2.00. The number of benzene rings is 3. The highest BCUT2D eigenvalue weighted by atomic mass is 79.9. The van der Waals surface area contributed by atoms with Crippen LogP contribution in [-0.2, 0) is 28.8 Å². The maximum atomic E-state index is 10.5. The fourth-order valence-electron chi connectivity index (χ4n) is 2.32. The van der Waals surface area contributed by atoms with Crippen LogP contribution in [0.2, 0.25) is 15.1 Å². The Morgan fingerprint density at radius 3 is 1.43 bits per heavy atom. The number of nitrogens with zero attached hydrogens (tertiary/aromatic N) is 2. The molecular formula is C24H16Br3Cl3N2O10. The zero-order valence-electron chi connectivity index (χ0n) is 21.3. The number of rotatable bonds is 2. The Labute approximate surface area is 278 Å². The van der Waals surface area contributed by atoms with Gasteiger partial charge in [0.1, 0.15) is 5.02 Å². The maximum absolute atomic E-state index is 10.5. The minimum absolute atomic E-state index is 0.000000000000000222. The summed E-state index contributed by atoms with van der Waals surface area (Å²) >= 11 is 26.6. The van der Waals surface area contributed by atoms with Crippen molar-refractivity contribution >= 4 is 112 Å². The van der Waals surface area contributed by atoms with Gasteiger partial charge in [0.25, 0.3) is 11.4 Å². The van der Waals surface area contributed by atoms with Crippen LogP contribution in [0.1, 0.15) is 16.7 Å². The van der Waals surface area contributed by atoms with Gasteiger partial charge in [-0.3, -0.25) is 20.2 Å². The summed E-state index contributed by atoms with van der Waals surface area (Å²) in [6.07, 6.45) is 0.750. The Hall–Kier alpha value is -3.09. The van der Waals surface area contributed by atoms with Gasteiger partial charge in [0.15, 0.2) is 0 Å². The molecule has 12 nitrogen and oxygen atoms in total. The van der Waals surface area contributed by atoms with Gasteiger partial charge in [-0.25, -0.2) is 0 Å². The summed E-state index contributed by atoms with van der Waals surface area (Å²) in [5, 5.41) is 22.3. The molecule has 18 heteroatoms. The van der Waals surface area contributed by atoms with Gasteiger partial charge in [0.2, 0.25) is 0 Å². The summed E-state index contributed by atoms with van der Waals surface area (Å²) in [5.41, 5.74) is 2.44. The molecule has 3 aromatic carbocycles. The Kier molecular flexibility index (Phi) is 25.3. The van der Waals surface area contributed by atoms with Crippen molar-refractivity contribution < 1.29 is 38.6 Å². The standard InChI is InChI=1S/2C7H5BrClNO2.C7H6BrCl.3CO2/c1-4-2-5(9)3-6(7(4)8)10(11)12;1-4-5(8)2-3-6(9)7(4)10(11)12;1-5-4-6(9)2-3-7(5)8;3*2-1-3/h2*2-3H,1H3;2-4H,1H3;;;. The van der Waals surface area contributed by atoms with Crippen LogP contribution in [0, 0.1) is 41.0 Å². The van der Waals surface area contributed by atoms with Gasteiger partial charge in [-0.05, 0) is 84.2 Å². The molecular weight excluding hydrogens is 822 g/mol. The van der Waals surface area contributed by atoms with Crippen molar-refractivity contribution in [2.24, 2.45) is 0 Å². The molecule has 0 spiro atoms. The second-order valence-electron chi connectivity index (χ2n) is 6.72. The molecule has 0 bridgehead atoms. The zero-order chi connectivity index (χ0) is 33.6. The van der Waals surface area contributed by atoms with E-state index >= 15 is 0 Å². The zero-order valence-corrected chi connectivity index (χ0v) is 28.3. The van der Waals surface area contributed by atoms with Crippen LogP contribution in [0.4, 0.5) is 11.4 Å². The predicted molar refractivity (Wildman–Crippen MR) is 160 cm³/mol. The molecule has 42 heavy (non-hydrogen) atoms. The van der Waals surface area contributed by atoms with E-state index in [-0.39, 0.29) is 34.9 Å². The summed E-state index contributed by atoms with van der Waals surface area (Å²) in [4.78, 5) is 68.7. The molecule has 0 aromatic heterocycles. The minimum Gasteiger partial charge on any atom is -0.258 e. The summed E-state index contributed by atoms with van der Waals surface area (Å²) < 4.78 is 2.28. The number of aryl methyl sites for hydroxylation is 2. The number of nitro benzene ring substituents is 2. The monoisotopic (exact) mass is 834 g/mol. The maximum Gasteiger partial charge on any atom is 0.373 e. The van der Waals surface area contributed by atoms with Crippen LogP contribution in [0.15, 0.2) is 55.9 Å². The number of nitro groups is 2. The first-order valence-electron chi connectivity index (χ1n) is 10.1. The summed E-state index contributed by atoms with van der Waals surface area (Å²) in [7, 11) is 0. The number of halogens is 6. The number of carbonyl (C=O) groups excluding carboxylic acids is 6. The molecule has 0 aliphatic rings. The van der Waals surface area contributed by atoms with Gasteiger partial charge in [-0.2, -0.15) is 28.8 Å². The quantitative estimate of drug-likeness (QED) is 0.179. The van der Waals surface area contributed by atoms with Crippen molar-refractivity contribution in [1.29, 1.82) is 0 Å². The Morgan fingerprint density at radius 1 is 0.643 bits per heavy atom. The Balaban J connectivity index is -0.000000478. The molecule has 0 radical (unpaired) electrons. The van der Waals surface area contributed by atoms with E-state index in [1.54, 1.807) is 26.0 Å². The van der Waals surface area contributed by atoms with Gasteiger partial charge in [-0.1, -0.05) is 66.7 Å². The van der Waals surface area contributed by atoms with Crippen molar-refractivity contribution in [3.8, 4) is 0 Å². The van der Waals surface area contributed by atoms with Crippen molar-refractivity contribution in [3.63, 3.8) is 0 Å². The smallest absolute Gasteiger partial charge is 0.258 e. The van der Waals surface area contributed by atoms with Crippen LogP contribution >= 0.6 is 82.6 Å². The molecule has 0 atom stereocenters. The van der Waals surface area contributed by atoms with Gasteiger partial charge in [-0.15, -0.1) is 0 Å². The highest BCUT2D eigenvalue weighted by molar-refractivity contribution is 9.11. The molecule has 0 aliphatic carbocycles. The molecule has 0 N–H and O–H groups in total. The van der Waals surface area contributed by atoms with Gasteiger partial charge in [0.05, 0.1) is 14.3 Å². The first-order chi connectivity index (χ1) is 19.5. The third-order valence-electron chi connectivity index (χ3n) is 4.02. The van der Waals surface area contributed by atoms with E-state index in [0.29, 0.717) is 19.5 Å². The number of hydrogen-bond donors (Lipinski definition) is 0. The first-order valence-corrected chi connectivity index (χ1v) is 13.6. The molecule has 0 amide bonds.